The minimum Gasteiger partial charge on any atom is -0.379 e. The van der Waals surface area contributed by atoms with E-state index in [0.29, 0.717) is 5.92 Å². The van der Waals surface area contributed by atoms with Crippen molar-refractivity contribution in [3.8, 4) is 0 Å². The number of fused-ring (bicyclic) bond motifs is 2. The summed E-state index contributed by atoms with van der Waals surface area (Å²) in [5, 5.41) is 12.8. The van der Waals surface area contributed by atoms with Gasteiger partial charge in [-0.2, -0.15) is 0 Å². The van der Waals surface area contributed by atoms with Crippen LogP contribution in [0.3, 0.4) is 0 Å². The van der Waals surface area contributed by atoms with Crippen molar-refractivity contribution >= 4 is 10.9 Å². The molecule has 4 N–H and O–H groups in total. The van der Waals surface area contributed by atoms with Gasteiger partial charge < -0.3 is 25.8 Å². The molecule has 4 aromatic rings. The van der Waals surface area contributed by atoms with Crippen LogP contribution in [0.15, 0.2) is 140 Å². The lowest BCUT2D eigenvalue weighted by atomic mass is 9.96. The highest BCUT2D eigenvalue weighted by Crippen LogP contribution is 2.33. The monoisotopic (exact) mass is 583 g/mol. The second-order valence-corrected chi connectivity index (χ2v) is 12.6. The van der Waals surface area contributed by atoms with E-state index in [0.717, 1.165) is 60.5 Å². The molecule has 0 bridgehead atoms. The molecular weight excluding hydrogens is 538 g/mol. The molecular formula is C39H45N5. The Kier molecular flexibility index (Phi) is 8.65. The van der Waals surface area contributed by atoms with Crippen LogP contribution < -0.4 is 16.0 Å². The predicted octanol–water partition coefficient (Wildman–Crippen LogP) is 6.85. The minimum atomic E-state index is -0.103. The third-order valence-corrected chi connectivity index (χ3v) is 9.27. The standard InChI is InChI=1S/C39H45N5/c1-26-20-39-29(4)43-36(21-31-14-8-6-9-15-31)27(2)41-37(23-33-24-40-35-19-13-12-18-34(33)35)28(3)42-38(30(5)44(39)25-26)22-32-16-10-7-11-17-32/h6-19,24,26,36-43H,2-5,20-23,25H2,1H3. The Morgan fingerprint density at radius 3 is 1.89 bits per heavy atom. The van der Waals surface area contributed by atoms with Gasteiger partial charge in [0.05, 0.1) is 24.2 Å². The van der Waals surface area contributed by atoms with Crippen LogP contribution >= 0.6 is 0 Å². The van der Waals surface area contributed by atoms with Crippen molar-refractivity contribution in [2.24, 2.45) is 5.92 Å². The van der Waals surface area contributed by atoms with Gasteiger partial charge in [0.25, 0.3) is 0 Å². The third kappa shape index (κ3) is 6.47. The molecule has 1 aromatic heterocycles. The average molecular weight is 584 g/mol. The lowest BCUT2D eigenvalue weighted by Crippen LogP contribution is -2.51. The Balaban J connectivity index is 1.37. The zero-order chi connectivity index (χ0) is 30.6. The van der Waals surface area contributed by atoms with E-state index in [4.69, 9.17) is 6.58 Å². The second kappa shape index (κ2) is 12.9. The SMILES string of the molecule is C=C1NC(Cc2ccccc2)C(=C)N2CC(C)CC2C(=C)NC(Cc2ccccc2)C(=C)NC1Cc1c[nH]c2ccccc12. The van der Waals surface area contributed by atoms with E-state index in [2.05, 4.69) is 144 Å². The lowest BCUT2D eigenvalue weighted by Gasteiger charge is -2.39. The normalized spacial score (nSPS) is 24.6. The largest absolute Gasteiger partial charge is 0.379 e. The zero-order valence-corrected chi connectivity index (χ0v) is 25.9. The van der Waals surface area contributed by atoms with Gasteiger partial charge in [0.1, 0.15) is 0 Å². The number of para-hydroxylation sites is 1. The first kappa shape index (κ1) is 29.4. The van der Waals surface area contributed by atoms with E-state index in [1.54, 1.807) is 0 Å². The van der Waals surface area contributed by atoms with E-state index in [1.165, 1.54) is 22.1 Å². The predicted molar refractivity (Wildman–Crippen MR) is 184 cm³/mol. The number of H-pyrrole nitrogens is 1. The molecule has 0 saturated carbocycles. The van der Waals surface area contributed by atoms with Crippen molar-refractivity contribution < 1.29 is 0 Å². The molecule has 5 atom stereocenters. The van der Waals surface area contributed by atoms with Gasteiger partial charge in [0, 0.05) is 52.9 Å². The van der Waals surface area contributed by atoms with Crippen LogP contribution in [0.25, 0.3) is 10.9 Å². The molecule has 0 radical (unpaired) electrons. The average Bonchev–Trinajstić information content (AvgIpc) is 3.63. The van der Waals surface area contributed by atoms with Gasteiger partial charge in [0.15, 0.2) is 0 Å². The summed E-state index contributed by atoms with van der Waals surface area (Å²) < 4.78 is 0. The molecule has 0 amide bonds. The number of benzene rings is 3. The lowest BCUT2D eigenvalue weighted by molar-refractivity contribution is 0.300. The number of nitrogens with zero attached hydrogens (tertiary/aromatic N) is 1. The number of hydrogen-bond donors (Lipinski definition) is 4. The molecule has 6 rings (SSSR count). The highest BCUT2D eigenvalue weighted by atomic mass is 15.2. The molecule has 2 aliphatic heterocycles. The molecule has 44 heavy (non-hydrogen) atoms. The van der Waals surface area contributed by atoms with E-state index >= 15 is 0 Å². The number of rotatable bonds is 6. The molecule has 3 aromatic carbocycles. The topological polar surface area (TPSA) is 55.1 Å². The molecule has 0 spiro atoms. The smallest absolute Gasteiger partial charge is 0.0693 e. The molecule has 5 heteroatoms. The Labute approximate surface area is 262 Å². The fourth-order valence-electron chi connectivity index (χ4n) is 6.86. The summed E-state index contributed by atoms with van der Waals surface area (Å²) >= 11 is 0. The summed E-state index contributed by atoms with van der Waals surface area (Å²) in [4.78, 5) is 5.92. The van der Waals surface area contributed by atoms with Gasteiger partial charge in [-0.1, -0.05) is 112 Å². The van der Waals surface area contributed by atoms with Crippen LogP contribution in [0.5, 0.6) is 0 Å². The first-order valence-electron chi connectivity index (χ1n) is 15.8. The van der Waals surface area contributed by atoms with E-state index in [-0.39, 0.29) is 24.2 Å². The van der Waals surface area contributed by atoms with E-state index < -0.39 is 0 Å². The van der Waals surface area contributed by atoms with Gasteiger partial charge >= 0.3 is 0 Å². The maximum Gasteiger partial charge on any atom is 0.0693 e. The van der Waals surface area contributed by atoms with E-state index in [1.807, 2.05) is 0 Å². The first-order chi connectivity index (χ1) is 21.4. The van der Waals surface area contributed by atoms with Crippen LogP contribution in [-0.2, 0) is 19.3 Å². The van der Waals surface area contributed by atoms with E-state index in [9.17, 15) is 0 Å². The molecule has 5 unspecified atom stereocenters. The first-order valence-corrected chi connectivity index (χ1v) is 15.8. The molecule has 2 aliphatic rings. The van der Waals surface area contributed by atoms with Crippen LogP contribution in [-0.4, -0.2) is 40.6 Å². The highest BCUT2D eigenvalue weighted by Gasteiger charge is 2.36. The Morgan fingerprint density at radius 1 is 0.659 bits per heavy atom. The van der Waals surface area contributed by atoms with Gasteiger partial charge in [-0.3, -0.25) is 0 Å². The minimum absolute atomic E-state index is 0.0226. The summed E-state index contributed by atoms with van der Waals surface area (Å²) in [7, 11) is 0. The van der Waals surface area contributed by atoms with Gasteiger partial charge in [-0.05, 0) is 47.9 Å². The summed E-state index contributed by atoms with van der Waals surface area (Å²) in [6.45, 7) is 21.9. The van der Waals surface area contributed by atoms with Gasteiger partial charge in [-0.15, -0.1) is 0 Å². The van der Waals surface area contributed by atoms with Crippen LogP contribution in [0.2, 0.25) is 0 Å². The summed E-state index contributed by atoms with van der Waals surface area (Å²) in [5.74, 6) is 0.532. The third-order valence-electron chi connectivity index (χ3n) is 9.27. The van der Waals surface area contributed by atoms with Crippen molar-refractivity contribution in [3.63, 3.8) is 0 Å². The van der Waals surface area contributed by atoms with Gasteiger partial charge in [0.2, 0.25) is 0 Å². The second-order valence-electron chi connectivity index (χ2n) is 12.6. The molecule has 3 heterocycles. The van der Waals surface area contributed by atoms with Crippen LogP contribution in [0.1, 0.15) is 30.0 Å². The fraction of sp³-hybridized carbons (Fsp3) is 0.282. The molecule has 226 valence electrons. The van der Waals surface area contributed by atoms with Crippen molar-refractivity contribution in [1.29, 1.82) is 0 Å². The molecule has 2 fully saturated rings. The number of aromatic amines is 1. The van der Waals surface area contributed by atoms with Crippen molar-refractivity contribution in [2.75, 3.05) is 6.54 Å². The number of aromatic nitrogens is 1. The highest BCUT2D eigenvalue weighted by molar-refractivity contribution is 5.83. The molecule has 0 aliphatic carbocycles. The van der Waals surface area contributed by atoms with Gasteiger partial charge in [-0.25, -0.2) is 0 Å². The Morgan fingerprint density at radius 2 is 1.20 bits per heavy atom. The maximum absolute atomic E-state index is 4.72. The summed E-state index contributed by atoms with van der Waals surface area (Å²) in [6.07, 6.45) is 5.52. The Hall–Kier alpha value is -4.64. The van der Waals surface area contributed by atoms with Crippen molar-refractivity contribution in [1.82, 2.24) is 25.8 Å². The van der Waals surface area contributed by atoms with Crippen LogP contribution in [0, 0.1) is 5.92 Å². The molecule has 5 nitrogen and oxygen atoms in total. The Bertz CT molecular complexity index is 1630. The van der Waals surface area contributed by atoms with Crippen LogP contribution in [0.4, 0.5) is 0 Å². The number of nitrogens with one attached hydrogen (secondary N) is 4. The fourth-order valence-corrected chi connectivity index (χ4v) is 6.86. The molecule has 2 saturated heterocycles. The number of hydrogen-bond acceptors (Lipinski definition) is 4. The summed E-state index contributed by atoms with van der Waals surface area (Å²) in [5.41, 5.74) is 8.85. The summed E-state index contributed by atoms with van der Waals surface area (Å²) in [6, 6.07) is 29.7. The van der Waals surface area contributed by atoms with Crippen molar-refractivity contribution in [2.45, 2.75) is 56.8 Å². The van der Waals surface area contributed by atoms with Crippen molar-refractivity contribution in [3.05, 3.63) is 157 Å². The maximum atomic E-state index is 4.72. The zero-order valence-electron chi connectivity index (χ0n) is 25.9. The quantitative estimate of drug-likeness (QED) is 0.201.